The minimum absolute atomic E-state index is 0.00102. The third-order valence-electron chi connectivity index (χ3n) is 13.4. The molecule has 1 fully saturated rings. The van der Waals surface area contributed by atoms with Gasteiger partial charge in [-0.05, 0) is 110 Å². The second kappa shape index (κ2) is 24.7. The van der Waals surface area contributed by atoms with Gasteiger partial charge in [-0.2, -0.15) is 0 Å². The summed E-state index contributed by atoms with van der Waals surface area (Å²) in [4.78, 5) is 57.9. The average Bonchev–Trinajstić information content (AvgIpc) is 3.39. The zero-order chi connectivity index (χ0) is 52.1. The number of unbranched alkanes of at least 4 members (excludes halogenated alkanes) is 2. The lowest BCUT2D eigenvalue weighted by atomic mass is 9.55. The number of nitro groups is 2. The van der Waals surface area contributed by atoms with Crippen molar-refractivity contribution in [1.29, 1.82) is 0 Å². The molecule has 4 aromatic carbocycles. The van der Waals surface area contributed by atoms with Crippen LogP contribution in [0.15, 0.2) is 114 Å². The molecule has 0 bridgehead atoms. The minimum atomic E-state index is -1.67. The molecular weight excluding hydrogens is 947 g/mol. The van der Waals surface area contributed by atoms with Crippen LogP contribution < -0.4 is 29.0 Å². The third kappa shape index (κ3) is 12.2. The number of aliphatic hydroxyl groups is 2. The van der Waals surface area contributed by atoms with E-state index in [1.165, 1.54) is 55.5 Å². The number of nitrogens with one attached hydrogen (secondary N) is 1. The number of oxime groups is 1. The van der Waals surface area contributed by atoms with E-state index in [0.717, 1.165) is 5.57 Å². The van der Waals surface area contributed by atoms with E-state index in [1.54, 1.807) is 54.6 Å². The number of amides is 2. The van der Waals surface area contributed by atoms with Crippen LogP contribution >= 0.6 is 0 Å². The van der Waals surface area contributed by atoms with Gasteiger partial charge >= 0.3 is 12.2 Å². The first-order valence-electron chi connectivity index (χ1n) is 24.3. The number of hydrogen-bond donors (Lipinski definition) is 3. The van der Waals surface area contributed by atoms with Gasteiger partial charge in [0.05, 0.1) is 48.0 Å². The van der Waals surface area contributed by atoms with Gasteiger partial charge in [0, 0.05) is 68.0 Å². The summed E-state index contributed by atoms with van der Waals surface area (Å²) in [7, 11) is 2.99. The molecule has 0 radical (unpaired) electrons. The first-order chi connectivity index (χ1) is 35.4. The zero-order valence-electron chi connectivity index (χ0n) is 41.0. The Morgan fingerprint density at radius 3 is 2.19 bits per heavy atom. The first-order valence-corrected chi connectivity index (χ1v) is 24.3. The molecule has 388 valence electrons. The molecule has 3 N–H and O–H groups in total. The van der Waals surface area contributed by atoms with Crippen LogP contribution in [-0.2, 0) is 16.2 Å². The molecule has 73 heavy (non-hydrogen) atoms. The highest BCUT2D eigenvalue weighted by atomic mass is 16.7. The van der Waals surface area contributed by atoms with Crippen molar-refractivity contribution in [2.75, 3.05) is 45.9 Å². The maximum absolute atomic E-state index is 14.8. The lowest BCUT2D eigenvalue weighted by Gasteiger charge is -2.59. The molecule has 20 nitrogen and oxygen atoms in total. The van der Waals surface area contributed by atoms with Gasteiger partial charge in [-0.1, -0.05) is 37.1 Å². The van der Waals surface area contributed by atoms with Crippen LogP contribution in [0.4, 0.5) is 26.7 Å². The average molecular weight is 1010 g/mol. The number of ether oxygens (including phenoxy) is 6. The zero-order valence-corrected chi connectivity index (χ0v) is 41.0. The Morgan fingerprint density at radius 1 is 0.877 bits per heavy atom. The van der Waals surface area contributed by atoms with Crippen LogP contribution in [0.5, 0.6) is 28.7 Å². The van der Waals surface area contributed by atoms with Crippen LogP contribution in [0.1, 0.15) is 75.3 Å². The standard InChI is InChI=1S/C53H61N5O15/c1-5-25-56(52(62)72-38-19-17-37(18-20-38)58(65)66)48-32-45(55-70-33-34-13-15-36(16-14-34)57(63)64)42-29-35(11-7-9-26-59)41(12-8-10-27-60)49-43-30-40(22-24-46(43)73-53(48,50(42)49)69-28-6-2)71-51(61)54-44-23-21-39(67-3)31-47(44)68-4/h6,13-24,29-31,35,41,48-50,59-60H,2,5,7-12,25-28,32-33H2,1,3-4H3,(H,54,61)/t35-,41+,48-,49+,50+,53+/m0/s1. The summed E-state index contributed by atoms with van der Waals surface area (Å²) >= 11 is 0. The normalized spacial score (nSPS) is 21.0. The van der Waals surface area contributed by atoms with Crippen LogP contribution in [0.25, 0.3) is 0 Å². The maximum atomic E-state index is 14.8. The van der Waals surface area contributed by atoms with E-state index in [9.17, 15) is 40.0 Å². The van der Waals surface area contributed by atoms with Crippen molar-refractivity contribution in [3.05, 3.63) is 141 Å². The van der Waals surface area contributed by atoms with Gasteiger partial charge in [0.25, 0.3) is 11.4 Å². The Morgan fingerprint density at radius 2 is 1.55 bits per heavy atom. The van der Waals surface area contributed by atoms with Crippen molar-refractivity contribution >= 4 is 35.0 Å². The second-order valence-corrected chi connectivity index (χ2v) is 17.9. The quantitative estimate of drug-likeness (QED) is 0.0255. The fourth-order valence-corrected chi connectivity index (χ4v) is 10.2. The Labute approximate surface area is 422 Å². The Kier molecular flexibility index (Phi) is 18.0. The molecule has 0 spiro atoms. The van der Waals surface area contributed by atoms with Crippen LogP contribution in [0.2, 0.25) is 0 Å². The maximum Gasteiger partial charge on any atom is 0.417 e. The van der Waals surface area contributed by atoms with Crippen LogP contribution in [0.3, 0.4) is 0 Å². The number of aliphatic hydroxyl groups excluding tert-OH is 2. The van der Waals surface area contributed by atoms with Crippen molar-refractivity contribution in [2.24, 2.45) is 22.9 Å². The van der Waals surface area contributed by atoms with E-state index >= 15 is 0 Å². The molecular formula is C53H61N5O15. The number of fused-ring (bicyclic) bond motifs is 2. The molecule has 1 saturated carbocycles. The van der Waals surface area contributed by atoms with E-state index in [-0.39, 0.29) is 74.1 Å². The van der Waals surface area contributed by atoms with Gasteiger partial charge in [0.15, 0.2) is 0 Å². The summed E-state index contributed by atoms with van der Waals surface area (Å²) in [5.74, 6) is -1.67. The molecule has 6 atom stereocenters. The largest absolute Gasteiger partial charge is 0.497 e. The van der Waals surface area contributed by atoms with Crippen LogP contribution in [0, 0.1) is 38.0 Å². The number of carbonyl (C=O) groups excluding carboxylic acids is 2. The molecule has 2 aliphatic carbocycles. The van der Waals surface area contributed by atoms with Crippen molar-refractivity contribution in [1.82, 2.24) is 4.90 Å². The molecule has 1 heterocycles. The highest BCUT2D eigenvalue weighted by molar-refractivity contribution is 6.03. The highest BCUT2D eigenvalue weighted by Gasteiger charge is 2.65. The number of allylic oxidation sites excluding steroid dienone is 1. The number of rotatable bonds is 24. The molecule has 0 aromatic heterocycles. The SMILES string of the molecule is C=CCO[C@@]12Oc3ccc(OC(=O)Nc4ccc(OC)cc4OC)cc3[C@H]3[C@H](CCCCO)[C@@H](CCCCO)C=C(C(=NOCc4ccc([N+](=O)[O-])cc4)C[C@@H]1N(CCC)C(=O)Oc1ccc([N+](=O)[O-])cc1)[C@H]32. The smallest absolute Gasteiger partial charge is 0.417 e. The van der Waals surface area contributed by atoms with Crippen LogP contribution in [-0.4, -0.2) is 95.3 Å². The van der Waals surface area contributed by atoms with Gasteiger partial charge in [-0.15, -0.1) is 6.58 Å². The van der Waals surface area contributed by atoms with E-state index in [4.69, 9.17) is 38.4 Å². The van der Waals surface area contributed by atoms with E-state index < -0.39 is 45.7 Å². The number of nitro benzene ring substituents is 2. The van der Waals surface area contributed by atoms with Gasteiger partial charge in [0.2, 0.25) is 5.79 Å². The number of anilines is 1. The van der Waals surface area contributed by atoms with Gasteiger partial charge in [-0.3, -0.25) is 30.4 Å². The topological polar surface area (TPSA) is 253 Å². The van der Waals surface area contributed by atoms with Crippen molar-refractivity contribution < 1.29 is 62.9 Å². The van der Waals surface area contributed by atoms with E-state index in [1.807, 2.05) is 6.92 Å². The predicted molar refractivity (Wildman–Crippen MR) is 268 cm³/mol. The Balaban J connectivity index is 1.39. The number of benzene rings is 4. The number of non-ortho nitro benzene ring substituents is 2. The molecule has 2 amide bonds. The van der Waals surface area contributed by atoms with Crippen molar-refractivity contribution in [3.63, 3.8) is 0 Å². The molecule has 4 aromatic rings. The predicted octanol–water partition coefficient (Wildman–Crippen LogP) is 9.88. The lowest BCUT2D eigenvalue weighted by molar-refractivity contribution is -0.385. The van der Waals surface area contributed by atoms with E-state index in [2.05, 4.69) is 18.0 Å². The summed E-state index contributed by atoms with van der Waals surface area (Å²) in [6.45, 7) is 5.92. The minimum Gasteiger partial charge on any atom is -0.497 e. The fourth-order valence-electron chi connectivity index (χ4n) is 10.2. The number of nitrogens with zero attached hydrogens (tertiary/aromatic N) is 4. The number of methoxy groups -OCH3 is 2. The van der Waals surface area contributed by atoms with Gasteiger partial charge in [0.1, 0.15) is 41.4 Å². The van der Waals surface area contributed by atoms with Crippen molar-refractivity contribution in [3.8, 4) is 28.7 Å². The summed E-state index contributed by atoms with van der Waals surface area (Å²) in [6.07, 6.45) is 6.36. The lowest BCUT2D eigenvalue weighted by Crippen LogP contribution is -2.70. The second-order valence-electron chi connectivity index (χ2n) is 17.9. The third-order valence-corrected chi connectivity index (χ3v) is 13.4. The molecule has 7 rings (SSSR count). The molecule has 0 unspecified atom stereocenters. The van der Waals surface area contributed by atoms with Gasteiger partial charge < -0.3 is 43.5 Å². The summed E-state index contributed by atoms with van der Waals surface area (Å²) in [5.41, 5.74) is 2.57. The highest BCUT2D eigenvalue weighted by Crippen LogP contribution is 2.62. The molecule has 20 heteroatoms. The molecule has 3 aliphatic rings. The summed E-state index contributed by atoms with van der Waals surface area (Å²) < 4.78 is 37.0. The first kappa shape index (κ1) is 53.3. The monoisotopic (exact) mass is 1010 g/mol. The van der Waals surface area contributed by atoms with Gasteiger partial charge in [-0.25, -0.2) is 9.59 Å². The molecule has 1 aliphatic heterocycles. The number of hydrogen-bond acceptors (Lipinski definition) is 16. The summed E-state index contributed by atoms with van der Waals surface area (Å²) in [6, 6.07) is 20.1. The van der Waals surface area contributed by atoms with E-state index in [0.29, 0.717) is 84.7 Å². The number of carbonyl (C=O) groups is 2. The summed E-state index contributed by atoms with van der Waals surface area (Å²) in [5, 5.41) is 50.5. The fraction of sp³-hybridized carbons (Fsp3) is 0.415. The Bertz CT molecular complexity index is 2660. The molecule has 0 saturated heterocycles. The Hall–Kier alpha value is -7.55. The van der Waals surface area contributed by atoms with Crippen molar-refractivity contribution in [2.45, 2.75) is 82.6 Å².